The summed E-state index contributed by atoms with van der Waals surface area (Å²) in [6, 6.07) is 11.1. The summed E-state index contributed by atoms with van der Waals surface area (Å²) in [5.74, 6) is 1.14. The Morgan fingerprint density at radius 3 is 2.82 bits per heavy atom. The molecule has 17 heavy (non-hydrogen) atoms. The highest BCUT2D eigenvalue weighted by Crippen LogP contribution is 2.25. The standard InChI is InChI=1S/C13H13ClN2O/c1-9-5-6-12(11(14)7-9)17-8-10-3-2-4-13(15)16-10/h2-7H,8H2,1H3,(H2,15,16). The van der Waals surface area contributed by atoms with E-state index in [1.54, 1.807) is 6.07 Å². The van der Waals surface area contributed by atoms with Crippen molar-refractivity contribution in [2.75, 3.05) is 5.73 Å². The van der Waals surface area contributed by atoms with Gasteiger partial charge >= 0.3 is 0 Å². The first-order valence-electron chi connectivity index (χ1n) is 5.25. The molecule has 2 N–H and O–H groups in total. The summed E-state index contributed by atoms with van der Waals surface area (Å²) in [5.41, 5.74) is 7.47. The summed E-state index contributed by atoms with van der Waals surface area (Å²) < 4.78 is 5.58. The van der Waals surface area contributed by atoms with Crippen molar-refractivity contribution in [3.8, 4) is 5.75 Å². The quantitative estimate of drug-likeness (QED) is 0.907. The van der Waals surface area contributed by atoms with Crippen LogP contribution in [0.3, 0.4) is 0 Å². The number of anilines is 1. The predicted molar refractivity (Wildman–Crippen MR) is 69.2 cm³/mol. The number of ether oxygens (including phenoxy) is 1. The van der Waals surface area contributed by atoms with Gasteiger partial charge in [-0.25, -0.2) is 4.98 Å². The SMILES string of the molecule is Cc1ccc(OCc2cccc(N)n2)c(Cl)c1. The molecule has 0 spiro atoms. The molecule has 0 saturated carbocycles. The first-order valence-corrected chi connectivity index (χ1v) is 5.63. The van der Waals surface area contributed by atoms with Crippen LogP contribution in [0, 0.1) is 6.92 Å². The molecule has 0 bridgehead atoms. The molecule has 4 heteroatoms. The normalized spacial score (nSPS) is 10.2. The van der Waals surface area contributed by atoms with Crippen molar-refractivity contribution in [3.63, 3.8) is 0 Å². The van der Waals surface area contributed by atoms with E-state index in [4.69, 9.17) is 22.1 Å². The smallest absolute Gasteiger partial charge is 0.138 e. The number of rotatable bonds is 3. The van der Waals surface area contributed by atoms with Crippen LogP contribution in [-0.2, 0) is 6.61 Å². The van der Waals surface area contributed by atoms with E-state index in [1.165, 1.54) is 0 Å². The van der Waals surface area contributed by atoms with E-state index >= 15 is 0 Å². The van der Waals surface area contributed by atoms with Gasteiger partial charge in [-0.2, -0.15) is 0 Å². The van der Waals surface area contributed by atoms with Gasteiger partial charge in [-0.15, -0.1) is 0 Å². The van der Waals surface area contributed by atoms with Crippen LogP contribution >= 0.6 is 11.6 Å². The van der Waals surface area contributed by atoms with Crippen LogP contribution in [0.4, 0.5) is 5.82 Å². The first-order chi connectivity index (χ1) is 8.15. The molecule has 0 aliphatic rings. The summed E-state index contributed by atoms with van der Waals surface area (Å²) in [4.78, 5) is 4.15. The summed E-state index contributed by atoms with van der Waals surface area (Å²) in [5, 5.41) is 0.605. The molecule has 0 unspecified atom stereocenters. The Labute approximate surface area is 105 Å². The average Bonchev–Trinajstić information content (AvgIpc) is 2.28. The van der Waals surface area contributed by atoms with Crippen molar-refractivity contribution in [2.24, 2.45) is 0 Å². The molecular weight excluding hydrogens is 236 g/mol. The minimum Gasteiger partial charge on any atom is -0.486 e. The third-order valence-corrected chi connectivity index (χ3v) is 2.59. The van der Waals surface area contributed by atoms with Gasteiger partial charge in [0.25, 0.3) is 0 Å². The lowest BCUT2D eigenvalue weighted by Crippen LogP contribution is -2.00. The van der Waals surface area contributed by atoms with Crippen molar-refractivity contribution < 1.29 is 4.74 Å². The van der Waals surface area contributed by atoms with E-state index in [-0.39, 0.29) is 0 Å². The molecule has 0 radical (unpaired) electrons. The molecule has 2 aromatic rings. The van der Waals surface area contributed by atoms with Crippen LogP contribution in [0.1, 0.15) is 11.3 Å². The fourth-order valence-corrected chi connectivity index (χ4v) is 1.74. The fourth-order valence-electron chi connectivity index (χ4n) is 1.45. The largest absolute Gasteiger partial charge is 0.486 e. The maximum Gasteiger partial charge on any atom is 0.138 e. The average molecular weight is 249 g/mol. The van der Waals surface area contributed by atoms with Gasteiger partial charge in [-0.3, -0.25) is 0 Å². The lowest BCUT2D eigenvalue weighted by molar-refractivity contribution is 0.301. The zero-order chi connectivity index (χ0) is 12.3. The Morgan fingerprint density at radius 1 is 1.29 bits per heavy atom. The Kier molecular flexibility index (Phi) is 3.49. The first kappa shape index (κ1) is 11.7. The lowest BCUT2D eigenvalue weighted by atomic mass is 10.2. The molecule has 88 valence electrons. The highest BCUT2D eigenvalue weighted by Gasteiger charge is 2.02. The lowest BCUT2D eigenvalue weighted by Gasteiger charge is -2.08. The number of halogens is 1. The second-order valence-electron chi connectivity index (χ2n) is 3.78. The van der Waals surface area contributed by atoms with E-state index < -0.39 is 0 Å². The second-order valence-corrected chi connectivity index (χ2v) is 4.18. The maximum absolute atomic E-state index is 6.06. The van der Waals surface area contributed by atoms with E-state index in [1.807, 2.05) is 37.3 Å². The van der Waals surface area contributed by atoms with Gasteiger partial charge in [0, 0.05) is 0 Å². The molecule has 2 rings (SSSR count). The molecule has 1 aromatic heterocycles. The van der Waals surface area contributed by atoms with E-state index in [2.05, 4.69) is 4.98 Å². The summed E-state index contributed by atoms with van der Waals surface area (Å²) in [6.45, 7) is 2.34. The van der Waals surface area contributed by atoms with Gasteiger partial charge < -0.3 is 10.5 Å². The summed E-state index contributed by atoms with van der Waals surface area (Å²) in [7, 11) is 0. The van der Waals surface area contributed by atoms with E-state index in [0.29, 0.717) is 23.2 Å². The van der Waals surface area contributed by atoms with Crippen molar-refractivity contribution in [2.45, 2.75) is 13.5 Å². The molecule has 0 aliphatic carbocycles. The van der Waals surface area contributed by atoms with Crippen LogP contribution in [0.15, 0.2) is 36.4 Å². The minimum atomic E-state index is 0.355. The number of aryl methyl sites for hydroxylation is 1. The van der Waals surface area contributed by atoms with Gasteiger partial charge in [0.05, 0.1) is 10.7 Å². The van der Waals surface area contributed by atoms with E-state index in [9.17, 15) is 0 Å². The third kappa shape index (κ3) is 3.11. The van der Waals surface area contributed by atoms with Gasteiger partial charge in [0.1, 0.15) is 18.2 Å². The fraction of sp³-hybridized carbons (Fsp3) is 0.154. The van der Waals surface area contributed by atoms with E-state index in [0.717, 1.165) is 11.3 Å². The minimum absolute atomic E-state index is 0.355. The molecule has 0 aliphatic heterocycles. The van der Waals surface area contributed by atoms with Crippen molar-refractivity contribution in [3.05, 3.63) is 52.7 Å². The number of benzene rings is 1. The van der Waals surface area contributed by atoms with Gasteiger partial charge in [-0.1, -0.05) is 23.7 Å². The Balaban J connectivity index is 2.07. The molecule has 3 nitrogen and oxygen atoms in total. The molecule has 0 atom stereocenters. The Morgan fingerprint density at radius 2 is 2.12 bits per heavy atom. The Bertz CT molecular complexity index is 529. The van der Waals surface area contributed by atoms with Crippen molar-refractivity contribution in [1.82, 2.24) is 4.98 Å². The van der Waals surface area contributed by atoms with Crippen LogP contribution < -0.4 is 10.5 Å². The molecule has 0 saturated heterocycles. The number of pyridine rings is 1. The second kappa shape index (κ2) is 5.06. The predicted octanol–water partition coefficient (Wildman–Crippen LogP) is 3.20. The van der Waals surface area contributed by atoms with Crippen molar-refractivity contribution >= 4 is 17.4 Å². The third-order valence-electron chi connectivity index (χ3n) is 2.29. The number of aromatic nitrogens is 1. The number of nitrogens with two attached hydrogens (primary N) is 1. The summed E-state index contributed by atoms with van der Waals surface area (Å²) in [6.07, 6.45) is 0. The highest BCUT2D eigenvalue weighted by molar-refractivity contribution is 6.32. The number of nitrogen functional groups attached to an aromatic ring is 1. The molecule has 0 amide bonds. The van der Waals surface area contributed by atoms with Crippen LogP contribution in [0.5, 0.6) is 5.75 Å². The van der Waals surface area contributed by atoms with Gasteiger partial charge in [-0.05, 0) is 36.8 Å². The zero-order valence-corrected chi connectivity index (χ0v) is 10.2. The number of hydrogen-bond donors (Lipinski definition) is 1. The van der Waals surface area contributed by atoms with Gasteiger partial charge in [0.15, 0.2) is 0 Å². The monoisotopic (exact) mass is 248 g/mol. The number of hydrogen-bond acceptors (Lipinski definition) is 3. The number of nitrogens with zero attached hydrogens (tertiary/aromatic N) is 1. The zero-order valence-electron chi connectivity index (χ0n) is 9.48. The van der Waals surface area contributed by atoms with Crippen LogP contribution in [-0.4, -0.2) is 4.98 Å². The highest BCUT2D eigenvalue weighted by atomic mass is 35.5. The van der Waals surface area contributed by atoms with Crippen LogP contribution in [0.2, 0.25) is 5.02 Å². The summed E-state index contributed by atoms with van der Waals surface area (Å²) >= 11 is 6.06. The van der Waals surface area contributed by atoms with Crippen LogP contribution in [0.25, 0.3) is 0 Å². The van der Waals surface area contributed by atoms with Crippen molar-refractivity contribution in [1.29, 1.82) is 0 Å². The topological polar surface area (TPSA) is 48.1 Å². The molecule has 1 aromatic carbocycles. The molecule has 1 heterocycles. The molecule has 0 fully saturated rings. The Hall–Kier alpha value is -1.74. The molecular formula is C13H13ClN2O. The van der Waals surface area contributed by atoms with Gasteiger partial charge in [0.2, 0.25) is 0 Å². The maximum atomic E-state index is 6.06.